The van der Waals surface area contributed by atoms with E-state index in [1.54, 1.807) is 6.07 Å². The van der Waals surface area contributed by atoms with E-state index >= 15 is 0 Å². The van der Waals surface area contributed by atoms with Crippen LogP contribution in [0.5, 0.6) is 0 Å². The fourth-order valence-corrected chi connectivity index (χ4v) is 3.55. The highest BCUT2D eigenvalue weighted by molar-refractivity contribution is 6.10. The first kappa shape index (κ1) is 22.9. The van der Waals surface area contributed by atoms with Gasteiger partial charge in [-0.05, 0) is 65.2 Å². The van der Waals surface area contributed by atoms with Gasteiger partial charge in [0.25, 0.3) is 0 Å². The second-order valence-electron chi connectivity index (χ2n) is 8.87. The van der Waals surface area contributed by atoms with E-state index in [0.29, 0.717) is 35.9 Å². The minimum absolute atomic E-state index is 0.0797. The third kappa shape index (κ3) is 5.50. The molecule has 0 spiro atoms. The molecule has 1 amide bonds. The van der Waals surface area contributed by atoms with Crippen LogP contribution in [-0.2, 0) is 9.53 Å². The highest BCUT2D eigenvalue weighted by Crippen LogP contribution is 2.40. The number of anilines is 1. The number of hydrogen-bond acceptors (Lipinski definition) is 7. The van der Waals surface area contributed by atoms with Crippen molar-refractivity contribution in [3.05, 3.63) is 41.6 Å². The second-order valence-corrected chi connectivity index (χ2v) is 8.87. The summed E-state index contributed by atoms with van der Waals surface area (Å²) in [6.07, 6.45) is 7.23. The van der Waals surface area contributed by atoms with Gasteiger partial charge in [-0.1, -0.05) is 0 Å². The van der Waals surface area contributed by atoms with E-state index < -0.39 is 0 Å². The molecule has 0 bridgehead atoms. The molecule has 1 atom stereocenters. The molecule has 1 saturated carbocycles. The quantitative estimate of drug-likeness (QED) is 0.376. The molecule has 8 nitrogen and oxygen atoms in total. The Morgan fingerprint density at radius 2 is 2.00 bits per heavy atom. The third-order valence-electron chi connectivity index (χ3n) is 5.79. The summed E-state index contributed by atoms with van der Waals surface area (Å²) in [5.74, 6) is 1.43. The zero-order valence-electron chi connectivity index (χ0n) is 19.2. The standard InChI is InChI=1S/C23H34N6O2/c1-6-17(31-23(5)7-8-23)11-18(16(4)24)22(25)19-12-20(27-14-26-19)28-9-10-29(15(2)3)21(30)13-28/h6,11-12,14-16,25H,7-10,13,24H2,1-5H3/b17-6+,18-11+,25-22?. The Morgan fingerprint density at radius 3 is 2.55 bits per heavy atom. The number of rotatable bonds is 8. The molecule has 168 valence electrons. The predicted octanol–water partition coefficient (Wildman–Crippen LogP) is 2.65. The highest BCUT2D eigenvalue weighted by atomic mass is 16.5. The fraction of sp³-hybridized carbons (Fsp3) is 0.565. The summed E-state index contributed by atoms with van der Waals surface area (Å²) in [5, 5.41) is 8.76. The smallest absolute Gasteiger partial charge is 0.242 e. The highest BCUT2D eigenvalue weighted by Gasteiger charge is 2.40. The number of hydrogen-bond donors (Lipinski definition) is 2. The van der Waals surface area contributed by atoms with Gasteiger partial charge in [-0.25, -0.2) is 9.97 Å². The lowest BCUT2D eigenvalue weighted by Gasteiger charge is -2.37. The molecule has 1 unspecified atom stereocenters. The van der Waals surface area contributed by atoms with Crippen molar-refractivity contribution in [2.45, 2.75) is 65.1 Å². The summed E-state index contributed by atoms with van der Waals surface area (Å²) >= 11 is 0. The first-order valence-electron chi connectivity index (χ1n) is 10.9. The van der Waals surface area contributed by atoms with Gasteiger partial charge in [0.05, 0.1) is 18.0 Å². The van der Waals surface area contributed by atoms with Crippen LogP contribution in [-0.4, -0.2) is 63.8 Å². The molecule has 0 radical (unpaired) electrons. The van der Waals surface area contributed by atoms with Gasteiger partial charge in [0.15, 0.2) is 0 Å². The summed E-state index contributed by atoms with van der Waals surface area (Å²) in [5.41, 5.74) is 7.43. The van der Waals surface area contributed by atoms with E-state index in [9.17, 15) is 4.79 Å². The molecule has 31 heavy (non-hydrogen) atoms. The van der Waals surface area contributed by atoms with Crippen molar-refractivity contribution >= 4 is 17.4 Å². The van der Waals surface area contributed by atoms with Gasteiger partial charge >= 0.3 is 0 Å². The number of piperazine rings is 1. The second kappa shape index (κ2) is 9.18. The number of aromatic nitrogens is 2. The van der Waals surface area contributed by atoms with Crippen LogP contribution >= 0.6 is 0 Å². The number of amides is 1. The molecule has 2 heterocycles. The van der Waals surface area contributed by atoms with E-state index in [0.717, 1.165) is 12.8 Å². The van der Waals surface area contributed by atoms with Gasteiger partial charge in [-0.3, -0.25) is 10.2 Å². The molecule has 2 fully saturated rings. The predicted molar refractivity (Wildman–Crippen MR) is 122 cm³/mol. The lowest BCUT2D eigenvalue weighted by molar-refractivity contribution is -0.132. The Morgan fingerprint density at radius 1 is 1.29 bits per heavy atom. The Hall–Kier alpha value is -2.74. The summed E-state index contributed by atoms with van der Waals surface area (Å²) in [7, 11) is 0. The molecule has 3 rings (SSSR count). The molecule has 1 saturated heterocycles. The van der Waals surface area contributed by atoms with Crippen LogP contribution in [0.15, 0.2) is 35.9 Å². The summed E-state index contributed by atoms with van der Waals surface area (Å²) < 4.78 is 6.07. The van der Waals surface area contributed by atoms with Crippen molar-refractivity contribution in [3.63, 3.8) is 0 Å². The van der Waals surface area contributed by atoms with Gasteiger partial charge in [-0.15, -0.1) is 0 Å². The van der Waals surface area contributed by atoms with Crippen LogP contribution in [0.2, 0.25) is 0 Å². The SMILES string of the molecule is C/C=C(\C=C(\C(=N)c1cc(N2CCN(C(C)C)C(=O)C2)ncn1)C(C)N)OC1(C)CC1. The molecule has 1 aliphatic carbocycles. The molecule has 1 aliphatic heterocycles. The van der Waals surface area contributed by atoms with Crippen LogP contribution in [0.3, 0.4) is 0 Å². The maximum Gasteiger partial charge on any atom is 0.242 e. The number of carbonyl (C=O) groups excluding carboxylic acids is 1. The van der Waals surface area contributed by atoms with E-state index in [2.05, 4.69) is 16.9 Å². The largest absolute Gasteiger partial charge is 0.488 e. The van der Waals surface area contributed by atoms with Crippen LogP contribution in [0, 0.1) is 5.41 Å². The lowest BCUT2D eigenvalue weighted by Crippen LogP contribution is -2.53. The van der Waals surface area contributed by atoms with Crippen LogP contribution in [0.1, 0.15) is 53.2 Å². The van der Waals surface area contributed by atoms with E-state index in [1.165, 1.54) is 6.33 Å². The lowest BCUT2D eigenvalue weighted by atomic mass is 10.00. The van der Waals surface area contributed by atoms with E-state index in [4.69, 9.17) is 15.9 Å². The summed E-state index contributed by atoms with van der Waals surface area (Å²) in [6, 6.07) is 1.58. The Balaban J connectivity index is 1.80. The van der Waals surface area contributed by atoms with Crippen LogP contribution in [0.25, 0.3) is 0 Å². The minimum Gasteiger partial charge on any atom is -0.488 e. The van der Waals surface area contributed by atoms with Gasteiger partial charge < -0.3 is 20.3 Å². The van der Waals surface area contributed by atoms with Crippen molar-refractivity contribution in [3.8, 4) is 0 Å². The number of ether oxygens (including phenoxy) is 1. The average Bonchev–Trinajstić information content (AvgIpc) is 3.46. The molecule has 8 heteroatoms. The molecule has 1 aromatic rings. The Kier molecular flexibility index (Phi) is 6.79. The first-order valence-corrected chi connectivity index (χ1v) is 10.9. The Bertz CT molecular complexity index is 901. The fourth-order valence-electron chi connectivity index (χ4n) is 3.55. The van der Waals surface area contributed by atoms with Gasteiger partial charge in [0.1, 0.15) is 23.5 Å². The van der Waals surface area contributed by atoms with Crippen molar-refractivity contribution < 1.29 is 9.53 Å². The number of carbonyl (C=O) groups is 1. The summed E-state index contributed by atoms with van der Waals surface area (Å²) in [4.78, 5) is 24.9. The van der Waals surface area contributed by atoms with Crippen LogP contribution < -0.4 is 10.6 Å². The van der Waals surface area contributed by atoms with Crippen molar-refractivity contribution in [2.75, 3.05) is 24.5 Å². The number of nitrogens with two attached hydrogens (primary N) is 1. The monoisotopic (exact) mass is 426 g/mol. The van der Waals surface area contributed by atoms with Crippen molar-refractivity contribution in [1.29, 1.82) is 5.41 Å². The molecular formula is C23H34N6O2. The molecule has 2 aliphatic rings. The van der Waals surface area contributed by atoms with Crippen molar-refractivity contribution in [1.82, 2.24) is 14.9 Å². The zero-order valence-corrected chi connectivity index (χ0v) is 19.2. The van der Waals surface area contributed by atoms with E-state index in [1.807, 2.05) is 49.6 Å². The van der Waals surface area contributed by atoms with E-state index in [-0.39, 0.29) is 35.8 Å². The van der Waals surface area contributed by atoms with Gasteiger partial charge in [0.2, 0.25) is 5.91 Å². The van der Waals surface area contributed by atoms with Crippen LogP contribution in [0.4, 0.5) is 5.82 Å². The average molecular weight is 427 g/mol. The molecular weight excluding hydrogens is 392 g/mol. The minimum atomic E-state index is -0.368. The normalized spacial score (nSPS) is 20.2. The number of nitrogens with zero attached hydrogens (tertiary/aromatic N) is 4. The van der Waals surface area contributed by atoms with Crippen molar-refractivity contribution in [2.24, 2.45) is 5.73 Å². The topological polar surface area (TPSA) is 108 Å². The molecule has 0 aromatic carbocycles. The van der Waals surface area contributed by atoms with Gasteiger partial charge in [-0.2, -0.15) is 0 Å². The first-order chi connectivity index (χ1) is 14.6. The third-order valence-corrected chi connectivity index (χ3v) is 5.79. The number of nitrogens with one attached hydrogen (secondary N) is 1. The molecule has 3 N–H and O–H groups in total. The molecule has 1 aromatic heterocycles. The summed E-state index contributed by atoms with van der Waals surface area (Å²) in [6.45, 7) is 11.5. The maximum absolute atomic E-state index is 12.5. The zero-order chi connectivity index (χ0) is 22.8. The number of allylic oxidation sites excluding steroid dienone is 2. The Labute approximate surface area is 184 Å². The van der Waals surface area contributed by atoms with Gasteiger partial charge in [0, 0.05) is 31.2 Å². The maximum atomic E-state index is 12.5.